The third-order valence-electron chi connectivity index (χ3n) is 2.71. The van der Waals surface area contributed by atoms with Crippen LogP contribution in [0.5, 0.6) is 0 Å². The molecule has 0 saturated carbocycles. The molecule has 0 amide bonds. The summed E-state index contributed by atoms with van der Waals surface area (Å²) in [5.41, 5.74) is 6.27. The Bertz CT molecular complexity index is 526. The summed E-state index contributed by atoms with van der Waals surface area (Å²) in [7, 11) is -3.21. The number of nitrogen functional groups attached to an aromatic ring is 1. The smallest absolute Gasteiger partial charge is 0.211 e. The van der Waals surface area contributed by atoms with Gasteiger partial charge in [0.1, 0.15) is 17.7 Å². The predicted molar refractivity (Wildman–Crippen MR) is 66.3 cm³/mol. The lowest BCUT2D eigenvalue weighted by Gasteiger charge is -2.30. The summed E-state index contributed by atoms with van der Waals surface area (Å²) < 4.78 is 30.0. The molecular weight excluding hydrogens is 256 g/mol. The Hall–Kier alpha value is -1.25. The first-order valence-electron chi connectivity index (χ1n) is 5.54. The van der Waals surface area contributed by atoms with E-state index < -0.39 is 16.1 Å². The van der Waals surface area contributed by atoms with Gasteiger partial charge in [-0.05, 0) is 6.92 Å². The number of sulfonamides is 1. The highest BCUT2D eigenvalue weighted by Crippen LogP contribution is 2.22. The van der Waals surface area contributed by atoms with Crippen molar-refractivity contribution in [2.45, 2.75) is 13.0 Å². The van der Waals surface area contributed by atoms with Crippen LogP contribution < -0.4 is 5.73 Å². The SMILES string of the molecule is Cc1nc(N)cc(C2CN(S(C)(=O)=O)CCO2)n1. The number of morpholine rings is 1. The molecule has 18 heavy (non-hydrogen) atoms. The monoisotopic (exact) mass is 272 g/mol. The second kappa shape index (κ2) is 4.79. The maximum absolute atomic E-state index is 11.5. The molecule has 1 saturated heterocycles. The van der Waals surface area contributed by atoms with Crippen molar-refractivity contribution in [3.8, 4) is 0 Å². The number of anilines is 1. The van der Waals surface area contributed by atoms with E-state index >= 15 is 0 Å². The summed E-state index contributed by atoms with van der Waals surface area (Å²) in [6, 6.07) is 1.61. The van der Waals surface area contributed by atoms with Gasteiger partial charge in [-0.15, -0.1) is 0 Å². The lowest BCUT2D eigenvalue weighted by Crippen LogP contribution is -2.41. The Morgan fingerprint density at radius 1 is 1.50 bits per heavy atom. The van der Waals surface area contributed by atoms with E-state index in [1.165, 1.54) is 10.6 Å². The second-order valence-corrected chi connectivity index (χ2v) is 6.23. The third-order valence-corrected chi connectivity index (χ3v) is 3.98. The molecule has 1 aromatic heterocycles. The number of ether oxygens (including phenoxy) is 1. The van der Waals surface area contributed by atoms with Gasteiger partial charge in [-0.25, -0.2) is 18.4 Å². The molecule has 2 N–H and O–H groups in total. The van der Waals surface area contributed by atoms with Crippen LogP contribution in [0.25, 0.3) is 0 Å². The number of aryl methyl sites for hydroxylation is 1. The topological polar surface area (TPSA) is 98.4 Å². The number of hydrogen-bond acceptors (Lipinski definition) is 6. The first kappa shape index (κ1) is 13.2. The molecule has 2 rings (SSSR count). The minimum Gasteiger partial charge on any atom is -0.384 e. The van der Waals surface area contributed by atoms with Crippen LogP contribution in [0, 0.1) is 6.92 Å². The maximum atomic E-state index is 11.5. The van der Waals surface area contributed by atoms with Crippen LogP contribution >= 0.6 is 0 Å². The Morgan fingerprint density at radius 3 is 2.83 bits per heavy atom. The van der Waals surface area contributed by atoms with Gasteiger partial charge in [-0.3, -0.25) is 0 Å². The van der Waals surface area contributed by atoms with Gasteiger partial charge in [0.25, 0.3) is 0 Å². The van der Waals surface area contributed by atoms with E-state index in [1.54, 1.807) is 13.0 Å². The average Bonchev–Trinajstić information content (AvgIpc) is 2.27. The van der Waals surface area contributed by atoms with Gasteiger partial charge in [-0.2, -0.15) is 4.31 Å². The molecular formula is C10H16N4O3S. The van der Waals surface area contributed by atoms with Crippen molar-refractivity contribution in [2.24, 2.45) is 0 Å². The fourth-order valence-corrected chi connectivity index (χ4v) is 2.70. The molecule has 0 spiro atoms. The average molecular weight is 272 g/mol. The number of aromatic nitrogens is 2. The Labute approximate surface area is 106 Å². The molecule has 0 bridgehead atoms. The fraction of sp³-hybridized carbons (Fsp3) is 0.600. The molecule has 2 heterocycles. The quantitative estimate of drug-likeness (QED) is 0.793. The number of nitrogens with two attached hydrogens (primary N) is 1. The van der Waals surface area contributed by atoms with Gasteiger partial charge in [0, 0.05) is 19.2 Å². The van der Waals surface area contributed by atoms with E-state index in [-0.39, 0.29) is 6.54 Å². The molecule has 1 aliphatic rings. The van der Waals surface area contributed by atoms with Crippen molar-refractivity contribution >= 4 is 15.8 Å². The van der Waals surface area contributed by atoms with Crippen molar-refractivity contribution in [1.29, 1.82) is 0 Å². The standard InChI is InChI=1S/C10H16N4O3S/c1-7-12-8(5-10(11)13-7)9-6-14(3-4-17-9)18(2,15)16/h5,9H,3-4,6H2,1-2H3,(H2,11,12,13). The van der Waals surface area contributed by atoms with Crippen molar-refractivity contribution < 1.29 is 13.2 Å². The molecule has 8 heteroatoms. The Balaban J connectivity index is 2.23. The zero-order valence-corrected chi connectivity index (χ0v) is 11.1. The lowest BCUT2D eigenvalue weighted by molar-refractivity contribution is -0.00484. The van der Waals surface area contributed by atoms with Gasteiger partial charge >= 0.3 is 0 Å². The third kappa shape index (κ3) is 2.95. The highest BCUT2D eigenvalue weighted by molar-refractivity contribution is 7.88. The van der Waals surface area contributed by atoms with Gasteiger partial charge in [-0.1, -0.05) is 0 Å². The summed E-state index contributed by atoms with van der Waals surface area (Å²) in [5, 5.41) is 0. The van der Waals surface area contributed by atoms with Crippen LogP contribution in [-0.4, -0.2) is 48.6 Å². The van der Waals surface area contributed by atoms with Crippen LogP contribution in [0.3, 0.4) is 0 Å². The molecule has 0 radical (unpaired) electrons. The van der Waals surface area contributed by atoms with Crippen molar-refractivity contribution in [1.82, 2.24) is 14.3 Å². The van der Waals surface area contributed by atoms with Crippen LogP contribution in [0.4, 0.5) is 5.82 Å². The first-order chi connectivity index (χ1) is 8.36. The molecule has 0 aliphatic carbocycles. The summed E-state index contributed by atoms with van der Waals surface area (Å²) in [6.07, 6.45) is 0.798. The van der Waals surface area contributed by atoms with Gasteiger partial charge in [0.05, 0.1) is 18.6 Å². The molecule has 100 valence electrons. The molecule has 1 unspecified atom stereocenters. The first-order valence-corrected chi connectivity index (χ1v) is 7.39. The van der Waals surface area contributed by atoms with Crippen LogP contribution in [0.2, 0.25) is 0 Å². The summed E-state index contributed by atoms with van der Waals surface area (Å²) in [4.78, 5) is 8.21. The molecule has 1 aromatic rings. The molecule has 1 aliphatic heterocycles. The zero-order valence-electron chi connectivity index (χ0n) is 10.3. The highest BCUT2D eigenvalue weighted by Gasteiger charge is 2.28. The van der Waals surface area contributed by atoms with E-state index in [9.17, 15) is 8.42 Å². The minimum atomic E-state index is -3.21. The van der Waals surface area contributed by atoms with E-state index in [4.69, 9.17) is 10.5 Å². The fourth-order valence-electron chi connectivity index (χ4n) is 1.89. The Kier molecular flexibility index (Phi) is 3.51. The molecule has 1 atom stereocenters. The Morgan fingerprint density at radius 2 is 2.22 bits per heavy atom. The molecule has 7 nitrogen and oxygen atoms in total. The molecule has 0 aromatic carbocycles. The molecule has 1 fully saturated rings. The van der Waals surface area contributed by atoms with Crippen LogP contribution in [0.15, 0.2) is 6.07 Å². The largest absolute Gasteiger partial charge is 0.384 e. The highest BCUT2D eigenvalue weighted by atomic mass is 32.2. The van der Waals surface area contributed by atoms with Gasteiger partial charge < -0.3 is 10.5 Å². The van der Waals surface area contributed by atoms with E-state index in [1.807, 2.05) is 0 Å². The summed E-state index contributed by atoms with van der Waals surface area (Å²) >= 11 is 0. The normalized spacial score (nSPS) is 22.0. The lowest BCUT2D eigenvalue weighted by atomic mass is 10.2. The van der Waals surface area contributed by atoms with Crippen molar-refractivity contribution in [3.63, 3.8) is 0 Å². The number of hydrogen-bond donors (Lipinski definition) is 1. The maximum Gasteiger partial charge on any atom is 0.211 e. The van der Waals surface area contributed by atoms with E-state index in [0.29, 0.717) is 30.5 Å². The zero-order chi connectivity index (χ0) is 13.3. The van der Waals surface area contributed by atoms with Gasteiger partial charge in [0.2, 0.25) is 10.0 Å². The van der Waals surface area contributed by atoms with Gasteiger partial charge in [0.15, 0.2) is 0 Å². The van der Waals surface area contributed by atoms with E-state index in [0.717, 1.165) is 0 Å². The number of rotatable bonds is 2. The number of nitrogens with zero attached hydrogens (tertiary/aromatic N) is 3. The summed E-state index contributed by atoms with van der Waals surface area (Å²) in [6.45, 7) is 2.71. The minimum absolute atomic E-state index is 0.259. The van der Waals surface area contributed by atoms with E-state index in [2.05, 4.69) is 9.97 Å². The predicted octanol–water partition coefficient (Wildman–Crippen LogP) is -0.300. The van der Waals surface area contributed by atoms with Crippen LogP contribution in [0.1, 0.15) is 17.6 Å². The van der Waals surface area contributed by atoms with Crippen molar-refractivity contribution in [2.75, 3.05) is 31.7 Å². The summed E-state index contributed by atoms with van der Waals surface area (Å²) in [5.74, 6) is 0.905. The second-order valence-electron chi connectivity index (χ2n) is 4.25. The van der Waals surface area contributed by atoms with Crippen LogP contribution in [-0.2, 0) is 14.8 Å². The van der Waals surface area contributed by atoms with Crippen molar-refractivity contribution in [3.05, 3.63) is 17.6 Å².